The summed E-state index contributed by atoms with van der Waals surface area (Å²) in [7, 11) is 3.05. The molecule has 2 rings (SSSR count). The van der Waals surface area contributed by atoms with Gasteiger partial charge in [-0.05, 0) is 24.3 Å². The Morgan fingerprint density at radius 2 is 1.83 bits per heavy atom. The van der Waals surface area contributed by atoms with Gasteiger partial charge >= 0.3 is 0 Å². The number of amides is 2. The van der Waals surface area contributed by atoms with Crippen LogP contribution in [0.2, 0.25) is 0 Å². The average molecular weight is 315 g/mol. The molecule has 2 aromatic rings. The summed E-state index contributed by atoms with van der Waals surface area (Å²) in [6.45, 7) is 1.37. The van der Waals surface area contributed by atoms with Crippen molar-refractivity contribution in [1.82, 2.24) is 4.98 Å². The smallest absolute Gasteiger partial charge is 0.255 e. The van der Waals surface area contributed by atoms with Crippen molar-refractivity contribution in [2.75, 3.05) is 24.9 Å². The van der Waals surface area contributed by atoms with Crippen LogP contribution in [0.4, 0.5) is 11.5 Å². The fraction of sp³-hybridized carbons (Fsp3) is 0.188. The normalized spacial score (nSPS) is 9.87. The summed E-state index contributed by atoms with van der Waals surface area (Å²) in [6.07, 6.45) is 1.45. The molecule has 0 radical (unpaired) electrons. The summed E-state index contributed by atoms with van der Waals surface area (Å²) < 4.78 is 10.3. The molecule has 0 unspecified atom stereocenters. The van der Waals surface area contributed by atoms with E-state index in [1.165, 1.54) is 26.3 Å². The van der Waals surface area contributed by atoms with E-state index in [1.54, 1.807) is 31.4 Å². The molecular formula is C16H17N3O4. The summed E-state index contributed by atoms with van der Waals surface area (Å²) in [6, 6.07) is 8.12. The molecule has 7 nitrogen and oxygen atoms in total. The van der Waals surface area contributed by atoms with Crippen LogP contribution < -0.4 is 20.1 Å². The number of carbonyl (C=O) groups is 2. The maximum atomic E-state index is 12.3. The van der Waals surface area contributed by atoms with Crippen LogP contribution in [0.5, 0.6) is 11.5 Å². The third-order valence-electron chi connectivity index (χ3n) is 2.98. The molecule has 0 spiro atoms. The van der Waals surface area contributed by atoms with E-state index in [2.05, 4.69) is 15.6 Å². The molecule has 0 atom stereocenters. The van der Waals surface area contributed by atoms with Crippen LogP contribution in [-0.4, -0.2) is 31.0 Å². The van der Waals surface area contributed by atoms with Crippen LogP contribution in [0.25, 0.3) is 0 Å². The summed E-state index contributed by atoms with van der Waals surface area (Å²) in [5.74, 6) is 0.812. The summed E-state index contributed by atoms with van der Waals surface area (Å²) in [5.41, 5.74) is 0.873. The van der Waals surface area contributed by atoms with E-state index in [9.17, 15) is 9.59 Å². The van der Waals surface area contributed by atoms with E-state index in [0.29, 0.717) is 28.6 Å². The highest BCUT2D eigenvalue weighted by Gasteiger charge is 2.12. The molecule has 2 N–H and O–H groups in total. The van der Waals surface area contributed by atoms with Gasteiger partial charge in [0.05, 0.1) is 19.9 Å². The lowest BCUT2D eigenvalue weighted by Crippen LogP contribution is -2.14. The van der Waals surface area contributed by atoms with Gasteiger partial charge in [-0.15, -0.1) is 0 Å². The lowest BCUT2D eigenvalue weighted by molar-refractivity contribution is -0.114. The third kappa shape index (κ3) is 4.19. The number of ether oxygens (including phenoxy) is 2. The Bertz CT molecular complexity index is 731. The Morgan fingerprint density at radius 1 is 1.04 bits per heavy atom. The Labute approximate surface area is 133 Å². The van der Waals surface area contributed by atoms with Crippen LogP contribution in [-0.2, 0) is 4.79 Å². The van der Waals surface area contributed by atoms with Crippen LogP contribution in [0.15, 0.2) is 36.5 Å². The van der Waals surface area contributed by atoms with Crippen molar-refractivity contribution >= 4 is 23.3 Å². The van der Waals surface area contributed by atoms with E-state index in [0.717, 1.165) is 0 Å². The number of anilines is 2. The number of nitrogens with zero attached hydrogens (tertiary/aromatic N) is 1. The number of hydrogen-bond acceptors (Lipinski definition) is 5. The number of methoxy groups -OCH3 is 2. The van der Waals surface area contributed by atoms with Gasteiger partial charge in [-0.3, -0.25) is 9.59 Å². The number of aromatic nitrogens is 1. The minimum absolute atomic E-state index is 0.258. The van der Waals surface area contributed by atoms with Crippen LogP contribution in [0.1, 0.15) is 17.3 Å². The monoisotopic (exact) mass is 315 g/mol. The van der Waals surface area contributed by atoms with Crippen molar-refractivity contribution in [2.45, 2.75) is 6.92 Å². The van der Waals surface area contributed by atoms with Gasteiger partial charge in [0.25, 0.3) is 5.91 Å². The molecule has 2 amide bonds. The number of rotatable bonds is 5. The lowest BCUT2D eigenvalue weighted by atomic mass is 10.2. The van der Waals surface area contributed by atoms with Crippen molar-refractivity contribution < 1.29 is 19.1 Å². The highest BCUT2D eigenvalue weighted by Crippen LogP contribution is 2.29. The molecule has 0 saturated heterocycles. The SMILES string of the molecule is COc1ccc(NC(=O)c2ccnc(NC(C)=O)c2)c(OC)c1. The van der Waals surface area contributed by atoms with Gasteiger partial charge in [-0.2, -0.15) is 0 Å². The number of nitrogens with one attached hydrogen (secondary N) is 2. The van der Waals surface area contributed by atoms with E-state index >= 15 is 0 Å². The van der Waals surface area contributed by atoms with E-state index in [1.807, 2.05) is 0 Å². The Kier molecular flexibility index (Phi) is 5.14. The fourth-order valence-corrected chi connectivity index (χ4v) is 1.92. The molecule has 1 aromatic heterocycles. The largest absolute Gasteiger partial charge is 0.497 e. The Hall–Kier alpha value is -3.09. The minimum Gasteiger partial charge on any atom is -0.497 e. The molecule has 1 aromatic carbocycles. The van der Waals surface area contributed by atoms with Crippen molar-refractivity contribution in [3.8, 4) is 11.5 Å². The molecule has 1 heterocycles. The van der Waals surface area contributed by atoms with E-state index < -0.39 is 0 Å². The van der Waals surface area contributed by atoms with E-state index in [-0.39, 0.29) is 11.8 Å². The maximum absolute atomic E-state index is 12.3. The summed E-state index contributed by atoms with van der Waals surface area (Å²) >= 11 is 0. The van der Waals surface area contributed by atoms with Gasteiger partial charge in [0.1, 0.15) is 17.3 Å². The predicted octanol–water partition coefficient (Wildman–Crippen LogP) is 2.31. The van der Waals surface area contributed by atoms with Gasteiger partial charge in [0.15, 0.2) is 0 Å². The first-order valence-electron chi connectivity index (χ1n) is 6.80. The van der Waals surface area contributed by atoms with Crippen LogP contribution >= 0.6 is 0 Å². The average Bonchev–Trinajstić information content (AvgIpc) is 2.54. The van der Waals surface area contributed by atoms with Gasteiger partial charge in [-0.1, -0.05) is 0 Å². The molecule has 0 fully saturated rings. The second-order valence-electron chi connectivity index (χ2n) is 4.63. The van der Waals surface area contributed by atoms with E-state index in [4.69, 9.17) is 9.47 Å². The van der Waals surface area contributed by atoms with Crippen molar-refractivity contribution in [2.24, 2.45) is 0 Å². The zero-order valence-electron chi connectivity index (χ0n) is 13.0. The molecule has 7 heteroatoms. The summed E-state index contributed by atoms with van der Waals surface area (Å²) in [4.78, 5) is 27.4. The standard InChI is InChI=1S/C16H17N3O4/c1-10(20)18-15-8-11(6-7-17-15)16(21)19-13-5-4-12(22-2)9-14(13)23-3/h4-9H,1-3H3,(H,19,21)(H,17,18,20). The zero-order valence-corrected chi connectivity index (χ0v) is 13.0. The minimum atomic E-state index is -0.345. The number of pyridine rings is 1. The number of benzene rings is 1. The highest BCUT2D eigenvalue weighted by atomic mass is 16.5. The molecule has 0 saturated carbocycles. The summed E-state index contributed by atoms with van der Waals surface area (Å²) in [5, 5.41) is 5.28. The highest BCUT2D eigenvalue weighted by molar-refractivity contribution is 6.05. The first-order chi connectivity index (χ1) is 11.0. The third-order valence-corrected chi connectivity index (χ3v) is 2.98. The molecule has 23 heavy (non-hydrogen) atoms. The van der Waals surface area contributed by atoms with Gasteiger partial charge in [0.2, 0.25) is 5.91 Å². The van der Waals surface area contributed by atoms with Gasteiger partial charge in [0, 0.05) is 24.8 Å². The van der Waals surface area contributed by atoms with Crippen LogP contribution in [0.3, 0.4) is 0 Å². The second kappa shape index (κ2) is 7.26. The first kappa shape index (κ1) is 16.3. The zero-order chi connectivity index (χ0) is 16.8. The number of hydrogen-bond donors (Lipinski definition) is 2. The lowest BCUT2D eigenvalue weighted by Gasteiger charge is -2.12. The van der Waals surface area contributed by atoms with Crippen molar-refractivity contribution in [3.05, 3.63) is 42.1 Å². The molecule has 0 aliphatic heterocycles. The van der Waals surface area contributed by atoms with Crippen LogP contribution in [0, 0.1) is 0 Å². The quantitative estimate of drug-likeness (QED) is 0.883. The Morgan fingerprint density at radius 3 is 2.48 bits per heavy atom. The predicted molar refractivity (Wildman–Crippen MR) is 86.0 cm³/mol. The molecular weight excluding hydrogens is 298 g/mol. The molecule has 0 aliphatic rings. The van der Waals surface area contributed by atoms with Crippen molar-refractivity contribution in [1.29, 1.82) is 0 Å². The molecule has 0 bridgehead atoms. The first-order valence-corrected chi connectivity index (χ1v) is 6.80. The number of carbonyl (C=O) groups excluding carboxylic acids is 2. The van der Waals surface area contributed by atoms with Crippen molar-refractivity contribution in [3.63, 3.8) is 0 Å². The topological polar surface area (TPSA) is 89.5 Å². The second-order valence-corrected chi connectivity index (χ2v) is 4.63. The fourth-order valence-electron chi connectivity index (χ4n) is 1.92. The molecule has 0 aliphatic carbocycles. The van der Waals surface area contributed by atoms with Gasteiger partial charge in [-0.25, -0.2) is 4.98 Å². The Balaban J connectivity index is 2.20. The molecule has 120 valence electrons. The van der Waals surface area contributed by atoms with Gasteiger partial charge < -0.3 is 20.1 Å². The maximum Gasteiger partial charge on any atom is 0.255 e.